The predicted octanol–water partition coefficient (Wildman–Crippen LogP) is 2.78. The van der Waals surface area contributed by atoms with E-state index in [1.807, 2.05) is 19.9 Å². The Morgan fingerprint density at radius 1 is 1.42 bits per heavy atom. The molecule has 2 heterocycles. The van der Waals surface area contributed by atoms with Gasteiger partial charge in [0.25, 0.3) is 11.7 Å². The Morgan fingerprint density at radius 3 is 3.00 bits per heavy atom. The van der Waals surface area contributed by atoms with Gasteiger partial charge in [-0.15, -0.1) is 5.10 Å². The molecule has 1 amide bonds. The van der Waals surface area contributed by atoms with Crippen molar-refractivity contribution in [1.29, 1.82) is 0 Å². The molecule has 0 aliphatic heterocycles. The van der Waals surface area contributed by atoms with Gasteiger partial charge in [-0.05, 0) is 32.0 Å². The first-order valence-electron chi connectivity index (χ1n) is 7.54. The summed E-state index contributed by atoms with van der Waals surface area (Å²) in [5.41, 5.74) is 4.18. The average molecular weight is 393 g/mol. The van der Waals surface area contributed by atoms with Crippen molar-refractivity contribution in [3.8, 4) is 0 Å². The summed E-state index contributed by atoms with van der Waals surface area (Å²) in [6.07, 6.45) is 1.17. The van der Waals surface area contributed by atoms with Gasteiger partial charge in [-0.2, -0.15) is 10.1 Å². The summed E-state index contributed by atoms with van der Waals surface area (Å²) in [4.78, 5) is 20.4. The first-order valence-corrected chi connectivity index (χ1v) is 8.90. The zero-order valence-electron chi connectivity index (χ0n) is 13.9. The number of thioether (sulfide) groups is 1. The third-order valence-electron chi connectivity index (χ3n) is 3.31. The molecule has 1 N–H and O–H groups in total. The number of nitrogens with zero attached hydrogens (tertiary/aromatic N) is 5. The van der Waals surface area contributed by atoms with E-state index in [4.69, 9.17) is 11.6 Å². The van der Waals surface area contributed by atoms with Crippen molar-refractivity contribution < 1.29 is 9.18 Å². The van der Waals surface area contributed by atoms with Crippen LogP contribution in [0, 0.1) is 19.7 Å². The Bertz CT molecular complexity index is 986. The number of amides is 1. The number of benzene rings is 1. The maximum atomic E-state index is 13.6. The summed E-state index contributed by atoms with van der Waals surface area (Å²) >= 11 is 7.03. The third-order valence-corrected chi connectivity index (χ3v) is 4.48. The number of nitrogens with one attached hydrogen (secondary N) is 1. The molecule has 10 heteroatoms. The maximum Gasteiger partial charge on any atom is 0.253 e. The first-order chi connectivity index (χ1) is 12.4. The number of hydrogen-bond donors (Lipinski definition) is 1. The van der Waals surface area contributed by atoms with E-state index < -0.39 is 5.82 Å². The van der Waals surface area contributed by atoms with Crippen molar-refractivity contribution in [2.45, 2.75) is 19.0 Å². The zero-order valence-corrected chi connectivity index (χ0v) is 15.5. The maximum absolute atomic E-state index is 13.6. The number of fused-ring (bicyclic) bond motifs is 1. The van der Waals surface area contributed by atoms with Crippen molar-refractivity contribution in [2.24, 2.45) is 5.10 Å². The van der Waals surface area contributed by atoms with Crippen LogP contribution >= 0.6 is 23.4 Å². The Labute approximate surface area is 157 Å². The molecule has 0 bridgehead atoms. The van der Waals surface area contributed by atoms with E-state index in [0.29, 0.717) is 10.9 Å². The molecule has 3 aromatic rings. The summed E-state index contributed by atoms with van der Waals surface area (Å²) < 4.78 is 15.2. The lowest BCUT2D eigenvalue weighted by molar-refractivity contribution is -0.118. The van der Waals surface area contributed by atoms with Crippen LogP contribution in [0.25, 0.3) is 5.78 Å². The Morgan fingerprint density at radius 2 is 2.23 bits per heavy atom. The fourth-order valence-corrected chi connectivity index (χ4v) is 3.00. The fraction of sp³-hybridized carbons (Fsp3) is 0.188. The summed E-state index contributed by atoms with van der Waals surface area (Å²) in [6.45, 7) is 3.78. The Hall–Kier alpha value is -2.52. The van der Waals surface area contributed by atoms with Crippen LogP contribution in [0.3, 0.4) is 0 Å². The molecule has 0 saturated carbocycles. The Kier molecular flexibility index (Phi) is 5.48. The van der Waals surface area contributed by atoms with E-state index in [1.54, 1.807) is 4.52 Å². The molecule has 0 radical (unpaired) electrons. The minimum atomic E-state index is -0.517. The van der Waals surface area contributed by atoms with Crippen molar-refractivity contribution in [2.75, 3.05) is 5.75 Å². The molecule has 26 heavy (non-hydrogen) atoms. The quantitative estimate of drug-likeness (QED) is 0.410. The highest BCUT2D eigenvalue weighted by molar-refractivity contribution is 7.99. The number of aryl methyl sites for hydroxylation is 2. The van der Waals surface area contributed by atoms with Gasteiger partial charge in [-0.3, -0.25) is 4.79 Å². The molecule has 7 nitrogen and oxygen atoms in total. The van der Waals surface area contributed by atoms with Crippen LogP contribution in [-0.4, -0.2) is 37.5 Å². The molecule has 0 aliphatic carbocycles. The van der Waals surface area contributed by atoms with Crippen molar-refractivity contribution >= 4 is 41.3 Å². The van der Waals surface area contributed by atoms with E-state index in [9.17, 15) is 9.18 Å². The van der Waals surface area contributed by atoms with Gasteiger partial charge in [0.05, 0.1) is 17.0 Å². The molecular formula is C16H14ClFN6OS. The topological polar surface area (TPSA) is 84.5 Å². The van der Waals surface area contributed by atoms with E-state index in [-0.39, 0.29) is 22.2 Å². The summed E-state index contributed by atoms with van der Waals surface area (Å²) in [5.74, 6) is -0.356. The molecule has 2 aromatic heterocycles. The van der Waals surface area contributed by atoms with Crippen molar-refractivity contribution in [1.82, 2.24) is 25.0 Å². The fourth-order valence-electron chi connectivity index (χ4n) is 2.17. The number of rotatable bonds is 5. The molecule has 0 saturated heterocycles. The zero-order chi connectivity index (χ0) is 18.7. The smallest absolute Gasteiger partial charge is 0.253 e. The molecule has 0 fully saturated rings. The number of carbonyl (C=O) groups is 1. The summed E-state index contributed by atoms with van der Waals surface area (Å²) in [5, 5.41) is 8.67. The second kappa shape index (κ2) is 7.79. The van der Waals surface area contributed by atoms with Crippen LogP contribution in [0.2, 0.25) is 5.02 Å². The van der Waals surface area contributed by atoms with Gasteiger partial charge < -0.3 is 0 Å². The number of carbonyl (C=O) groups excluding carboxylic acids is 1. The minimum Gasteiger partial charge on any atom is -0.272 e. The lowest BCUT2D eigenvalue weighted by Crippen LogP contribution is -2.19. The molecule has 134 valence electrons. The third kappa shape index (κ3) is 4.17. The molecule has 3 rings (SSSR count). The van der Waals surface area contributed by atoms with Crippen LogP contribution in [0.15, 0.2) is 34.5 Å². The standard InChI is InChI=1S/C16H14ClFN6OS/c1-9-6-10(2)24-15(20-9)21-16(23-24)26-8-14(25)22-19-7-11-12(17)4-3-5-13(11)18/h3-7H,8H2,1-2H3,(H,22,25)/b19-7+. The second-order valence-corrected chi connectivity index (χ2v) is 6.71. The van der Waals surface area contributed by atoms with Crippen molar-refractivity contribution in [3.63, 3.8) is 0 Å². The normalized spacial score (nSPS) is 11.4. The highest BCUT2D eigenvalue weighted by Gasteiger charge is 2.10. The van der Waals surface area contributed by atoms with E-state index in [2.05, 4.69) is 25.6 Å². The lowest BCUT2D eigenvalue weighted by Gasteiger charge is -2.00. The number of halogens is 2. The highest BCUT2D eigenvalue weighted by atomic mass is 35.5. The number of hydrazone groups is 1. The molecule has 0 spiro atoms. The molecule has 0 atom stereocenters. The lowest BCUT2D eigenvalue weighted by atomic mass is 10.2. The van der Waals surface area contributed by atoms with E-state index in [1.165, 1.54) is 24.4 Å². The van der Waals surface area contributed by atoms with Crippen LogP contribution in [-0.2, 0) is 4.79 Å². The van der Waals surface area contributed by atoms with Gasteiger partial charge >= 0.3 is 0 Å². The predicted molar refractivity (Wildman–Crippen MR) is 98.1 cm³/mol. The van der Waals surface area contributed by atoms with Gasteiger partial charge in [0.1, 0.15) is 5.82 Å². The van der Waals surface area contributed by atoms with Crippen LogP contribution in [0.5, 0.6) is 0 Å². The molecule has 1 aromatic carbocycles. The number of hydrogen-bond acceptors (Lipinski definition) is 6. The van der Waals surface area contributed by atoms with Gasteiger partial charge in [0.15, 0.2) is 0 Å². The van der Waals surface area contributed by atoms with Crippen LogP contribution in [0.4, 0.5) is 4.39 Å². The van der Waals surface area contributed by atoms with Gasteiger partial charge in [-0.1, -0.05) is 29.4 Å². The number of aromatic nitrogens is 4. The summed E-state index contributed by atoms with van der Waals surface area (Å²) in [7, 11) is 0. The molecule has 0 unspecified atom stereocenters. The molecule has 0 aliphatic rings. The van der Waals surface area contributed by atoms with E-state index in [0.717, 1.165) is 23.1 Å². The Balaban J connectivity index is 1.59. The summed E-state index contributed by atoms with van der Waals surface area (Å²) in [6, 6.07) is 6.18. The van der Waals surface area contributed by atoms with Crippen molar-refractivity contribution in [3.05, 3.63) is 52.1 Å². The van der Waals surface area contributed by atoms with Gasteiger partial charge in [-0.25, -0.2) is 19.3 Å². The van der Waals surface area contributed by atoms with Crippen LogP contribution < -0.4 is 5.43 Å². The van der Waals surface area contributed by atoms with Gasteiger partial charge in [0.2, 0.25) is 5.16 Å². The molecular weight excluding hydrogens is 379 g/mol. The average Bonchev–Trinajstić information content (AvgIpc) is 2.99. The minimum absolute atomic E-state index is 0.0528. The largest absolute Gasteiger partial charge is 0.272 e. The monoisotopic (exact) mass is 392 g/mol. The highest BCUT2D eigenvalue weighted by Crippen LogP contribution is 2.17. The van der Waals surface area contributed by atoms with Gasteiger partial charge in [0, 0.05) is 17.0 Å². The first kappa shape index (κ1) is 18.3. The van der Waals surface area contributed by atoms with Crippen LogP contribution in [0.1, 0.15) is 17.0 Å². The van der Waals surface area contributed by atoms with E-state index >= 15 is 0 Å². The SMILES string of the molecule is Cc1cc(C)n2nc(SCC(=O)N/N=C/c3c(F)cccc3Cl)nc2n1. The second-order valence-electron chi connectivity index (χ2n) is 5.36.